The van der Waals surface area contributed by atoms with Crippen LogP contribution < -0.4 is 5.73 Å². The Morgan fingerprint density at radius 2 is 2.07 bits per heavy atom. The largest absolute Gasteiger partial charge is 0.365 e. The van der Waals surface area contributed by atoms with E-state index in [4.69, 9.17) is 5.73 Å². The van der Waals surface area contributed by atoms with Gasteiger partial charge in [-0.3, -0.25) is 19.3 Å². The lowest BCUT2D eigenvalue weighted by molar-refractivity contribution is -0.143. The summed E-state index contributed by atoms with van der Waals surface area (Å²) >= 11 is 0. The molecule has 0 aromatic rings. The zero-order valence-corrected chi connectivity index (χ0v) is 8.16. The van der Waals surface area contributed by atoms with Gasteiger partial charge in [-0.15, -0.1) is 0 Å². The fourth-order valence-corrected chi connectivity index (χ4v) is 1.48. The second-order valence-electron chi connectivity index (χ2n) is 3.14. The Balaban J connectivity index is 3.16. The van der Waals surface area contributed by atoms with Gasteiger partial charge in [-0.2, -0.15) is 0 Å². The molecule has 0 spiro atoms. The van der Waals surface area contributed by atoms with Gasteiger partial charge in [0.15, 0.2) is 0 Å². The Kier molecular flexibility index (Phi) is 2.69. The van der Waals surface area contributed by atoms with Gasteiger partial charge in [0.05, 0.1) is 0 Å². The first kappa shape index (κ1) is 10.4. The number of nitrogens with zero attached hydrogens (tertiary/aromatic N) is 1. The van der Waals surface area contributed by atoms with Gasteiger partial charge in [0, 0.05) is 13.0 Å². The number of hydrogen-bond acceptors (Lipinski definition) is 3. The van der Waals surface area contributed by atoms with Gasteiger partial charge in [0.2, 0.25) is 5.91 Å². The summed E-state index contributed by atoms with van der Waals surface area (Å²) in [5.74, 6) is -1.62. The maximum absolute atomic E-state index is 11.6. The summed E-state index contributed by atoms with van der Waals surface area (Å²) in [6.07, 6.45) is 0.0951. The highest BCUT2D eigenvalue weighted by atomic mass is 16.2. The van der Waals surface area contributed by atoms with Crippen molar-refractivity contribution in [2.45, 2.75) is 20.3 Å². The van der Waals surface area contributed by atoms with E-state index in [-0.39, 0.29) is 24.4 Å². The molecular formula is C9H12N2O3. The number of nitrogens with two attached hydrogens (primary N) is 1. The lowest BCUT2D eigenvalue weighted by Gasteiger charge is -2.25. The van der Waals surface area contributed by atoms with Crippen LogP contribution in [0.1, 0.15) is 20.3 Å². The summed E-state index contributed by atoms with van der Waals surface area (Å²) in [6.45, 7) is 3.51. The van der Waals surface area contributed by atoms with Crippen LogP contribution in [0.3, 0.4) is 0 Å². The van der Waals surface area contributed by atoms with E-state index in [1.807, 2.05) is 0 Å². The minimum Gasteiger partial charge on any atom is -0.365 e. The van der Waals surface area contributed by atoms with Crippen molar-refractivity contribution in [2.75, 3.05) is 6.54 Å². The van der Waals surface area contributed by atoms with E-state index in [0.717, 1.165) is 4.90 Å². The quantitative estimate of drug-likeness (QED) is 0.480. The molecule has 0 saturated carbocycles. The lowest BCUT2D eigenvalue weighted by atomic mass is 10.00. The molecule has 14 heavy (non-hydrogen) atoms. The van der Waals surface area contributed by atoms with Gasteiger partial charge in [0.1, 0.15) is 5.57 Å². The van der Waals surface area contributed by atoms with Crippen molar-refractivity contribution < 1.29 is 14.4 Å². The van der Waals surface area contributed by atoms with Gasteiger partial charge in [-0.1, -0.05) is 0 Å². The van der Waals surface area contributed by atoms with Crippen LogP contribution in [0, 0.1) is 0 Å². The third-order valence-electron chi connectivity index (χ3n) is 2.17. The molecule has 0 radical (unpaired) electrons. The highest BCUT2D eigenvalue weighted by Gasteiger charge is 2.32. The van der Waals surface area contributed by atoms with Crippen LogP contribution in [-0.4, -0.2) is 29.2 Å². The summed E-state index contributed by atoms with van der Waals surface area (Å²) in [5.41, 5.74) is 5.46. The van der Waals surface area contributed by atoms with Gasteiger partial charge >= 0.3 is 0 Å². The zero-order valence-electron chi connectivity index (χ0n) is 8.16. The first-order valence-corrected chi connectivity index (χ1v) is 4.33. The number of likely N-dealkylation sites (N-methyl/N-ethyl adjacent to an activating group) is 1. The molecule has 5 heteroatoms. The number of hydrogen-bond donors (Lipinski definition) is 1. The molecule has 0 saturated heterocycles. The van der Waals surface area contributed by atoms with Gasteiger partial charge in [-0.25, -0.2) is 0 Å². The lowest BCUT2D eigenvalue weighted by Crippen LogP contribution is -2.44. The van der Waals surface area contributed by atoms with Crippen molar-refractivity contribution in [1.29, 1.82) is 0 Å². The van der Waals surface area contributed by atoms with E-state index in [2.05, 4.69) is 0 Å². The SMILES string of the molecule is CCN1C(=O)CC(C)=C(C(N)=O)C1=O. The molecule has 0 fully saturated rings. The first-order chi connectivity index (χ1) is 6.49. The molecule has 0 aliphatic carbocycles. The normalized spacial score (nSPS) is 17.7. The highest BCUT2D eigenvalue weighted by molar-refractivity contribution is 6.23. The number of rotatable bonds is 2. The van der Waals surface area contributed by atoms with Crippen LogP contribution in [-0.2, 0) is 14.4 Å². The Bertz CT molecular complexity index is 344. The predicted octanol–water partition coefficient (Wildman–Crippen LogP) is -0.433. The minimum absolute atomic E-state index is 0.0496. The Morgan fingerprint density at radius 1 is 1.50 bits per heavy atom. The molecule has 5 nitrogen and oxygen atoms in total. The fraction of sp³-hybridized carbons (Fsp3) is 0.444. The monoisotopic (exact) mass is 196 g/mol. The van der Waals surface area contributed by atoms with Crippen LogP contribution >= 0.6 is 0 Å². The standard InChI is InChI=1S/C9H12N2O3/c1-3-11-6(12)4-5(2)7(8(10)13)9(11)14/h3-4H2,1-2H3,(H2,10,13). The molecule has 1 rings (SSSR count). The molecule has 0 aromatic heterocycles. The topological polar surface area (TPSA) is 80.5 Å². The fourth-order valence-electron chi connectivity index (χ4n) is 1.48. The average Bonchev–Trinajstić information content (AvgIpc) is 2.02. The number of amides is 3. The van der Waals surface area contributed by atoms with Crippen molar-refractivity contribution >= 4 is 17.7 Å². The van der Waals surface area contributed by atoms with E-state index < -0.39 is 11.8 Å². The molecule has 3 amide bonds. The number of primary amides is 1. The van der Waals surface area contributed by atoms with Crippen molar-refractivity contribution in [1.82, 2.24) is 4.90 Å². The molecule has 0 atom stereocenters. The van der Waals surface area contributed by atoms with Crippen LogP contribution in [0.15, 0.2) is 11.1 Å². The van der Waals surface area contributed by atoms with Crippen LogP contribution in [0.5, 0.6) is 0 Å². The summed E-state index contributed by atoms with van der Waals surface area (Å²) in [6, 6.07) is 0. The number of carbonyl (C=O) groups is 3. The smallest absolute Gasteiger partial charge is 0.265 e. The third-order valence-corrected chi connectivity index (χ3v) is 2.17. The van der Waals surface area contributed by atoms with Gasteiger partial charge < -0.3 is 5.73 Å². The third kappa shape index (κ3) is 1.53. The molecule has 76 valence electrons. The molecular weight excluding hydrogens is 184 g/mol. The summed E-state index contributed by atoms with van der Waals surface area (Å²) in [5, 5.41) is 0. The number of carbonyl (C=O) groups excluding carboxylic acids is 3. The van der Waals surface area contributed by atoms with E-state index >= 15 is 0 Å². The Hall–Kier alpha value is -1.65. The molecule has 0 bridgehead atoms. The molecule has 1 heterocycles. The zero-order chi connectivity index (χ0) is 10.9. The molecule has 0 unspecified atom stereocenters. The van der Waals surface area contributed by atoms with Gasteiger partial charge in [0.25, 0.3) is 11.8 Å². The van der Waals surface area contributed by atoms with E-state index in [1.165, 1.54) is 0 Å². The Morgan fingerprint density at radius 3 is 2.50 bits per heavy atom. The molecule has 2 N–H and O–H groups in total. The molecule has 1 aliphatic heterocycles. The van der Waals surface area contributed by atoms with Gasteiger partial charge in [-0.05, 0) is 19.4 Å². The van der Waals surface area contributed by atoms with Crippen molar-refractivity contribution in [3.05, 3.63) is 11.1 Å². The summed E-state index contributed by atoms with van der Waals surface area (Å²) in [7, 11) is 0. The van der Waals surface area contributed by atoms with E-state index in [0.29, 0.717) is 5.57 Å². The highest BCUT2D eigenvalue weighted by Crippen LogP contribution is 2.19. The summed E-state index contributed by atoms with van der Waals surface area (Å²) < 4.78 is 0. The van der Waals surface area contributed by atoms with Crippen molar-refractivity contribution in [3.8, 4) is 0 Å². The predicted molar refractivity (Wildman–Crippen MR) is 48.9 cm³/mol. The van der Waals surface area contributed by atoms with E-state index in [9.17, 15) is 14.4 Å². The number of imide groups is 1. The second-order valence-corrected chi connectivity index (χ2v) is 3.14. The summed E-state index contributed by atoms with van der Waals surface area (Å²) in [4.78, 5) is 34.9. The minimum atomic E-state index is -0.765. The van der Waals surface area contributed by atoms with Crippen molar-refractivity contribution in [3.63, 3.8) is 0 Å². The van der Waals surface area contributed by atoms with Crippen LogP contribution in [0.4, 0.5) is 0 Å². The molecule has 0 aromatic carbocycles. The maximum Gasteiger partial charge on any atom is 0.265 e. The Labute approximate surface area is 81.5 Å². The van der Waals surface area contributed by atoms with Crippen molar-refractivity contribution in [2.24, 2.45) is 5.73 Å². The van der Waals surface area contributed by atoms with E-state index in [1.54, 1.807) is 13.8 Å². The van der Waals surface area contributed by atoms with Crippen LogP contribution in [0.2, 0.25) is 0 Å². The second kappa shape index (κ2) is 3.61. The first-order valence-electron chi connectivity index (χ1n) is 4.33. The van der Waals surface area contributed by atoms with Crippen LogP contribution in [0.25, 0.3) is 0 Å². The molecule has 1 aliphatic rings. The maximum atomic E-state index is 11.6. The average molecular weight is 196 g/mol.